The summed E-state index contributed by atoms with van der Waals surface area (Å²) in [6.45, 7) is 8.53. The van der Waals surface area contributed by atoms with Crippen LogP contribution in [0.3, 0.4) is 0 Å². The fourth-order valence-corrected chi connectivity index (χ4v) is 2.44. The van der Waals surface area contributed by atoms with Crippen molar-refractivity contribution in [3.05, 3.63) is 0 Å². The Morgan fingerprint density at radius 1 is 1.20 bits per heavy atom. The maximum Gasteiger partial charge on any atom is 0.241 e. The maximum absolute atomic E-state index is 12.1. The second-order valence-corrected chi connectivity index (χ2v) is 4.27. The first kappa shape index (κ1) is 12.5. The second kappa shape index (κ2) is 5.50. The number of amides is 1. The van der Waals surface area contributed by atoms with Crippen molar-refractivity contribution in [3.63, 3.8) is 0 Å². The summed E-state index contributed by atoms with van der Waals surface area (Å²) in [5.74, 6) is 0.304. The number of hydrogen-bond acceptors (Lipinski definition) is 2. The van der Waals surface area contributed by atoms with E-state index in [1.54, 1.807) is 0 Å². The summed E-state index contributed by atoms with van der Waals surface area (Å²) in [6.07, 6.45) is 4.26. The van der Waals surface area contributed by atoms with E-state index in [0.717, 1.165) is 25.7 Å². The molecule has 0 aliphatic carbocycles. The van der Waals surface area contributed by atoms with Gasteiger partial charge in [-0.3, -0.25) is 10.1 Å². The lowest BCUT2D eigenvalue weighted by molar-refractivity contribution is -0.132. The highest BCUT2D eigenvalue weighted by Crippen LogP contribution is 2.21. The van der Waals surface area contributed by atoms with Gasteiger partial charge in [-0.2, -0.15) is 0 Å². The minimum Gasteiger partial charge on any atom is -0.323 e. The average molecular weight is 212 g/mol. The molecule has 0 aromatic heterocycles. The van der Waals surface area contributed by atoms with Gasteiger partial charge in [0.1, 0.15) is 0 Å². The largest absolute Gasteiger partial charge is 0.323 e. The molecule has 1 saturated heterocycles. The molecule has 15 heavy (non-hydrogen) atoms. The van der Waals surface area contributed by atoms with Gasteiger partial charge in [-0.05, 0) is 25.7 Å². The zero-order chi connectivity index (χ0) is 11.4. The SMILES string of the molecule is CCC1NC(CC)N(C(CC)CC)C1=O. The number of carbonyl (C=O) groups is 1. The molecular weight excluding hydrogens is 188 g/mol. The van der Waals surface area contributed by atoms with Crippen molar-refractivity contribution in [3.8, 4) is 0 Å². The van der Waals surface area contributed by atoms with E-state index in [1.165, 1.54) is 0 Å². The molecule has 0 aromatic carbocycles. The molecule has 1 aliphatic rings. The van der Waals surface area contributed by atoms with Crippen LogP contribution < -0.4 is 5.32 Å². The molecule has 0 aromatic rings. The Morgan fingerprint density at radius 2 is 1.80 bits per heavy atom. The Bertz CT molecular complexity index is 214. The first-order valence-electron chi connectivity index (χ1n) is 6.27. The van der Waals surface area contributed by atoms with Gasteiger partial charge in [0, 0.05) is 6.04 Å². The van der Waals surface area contributed by atoms with Crippen LogP contribution in [0.1, 0.15) is 53.4 Å². The fourth-order valence-electron chi connectivity index (χ4n) is 2.44. The van der Waals surface area contributed by atoms with E-state index < -0.39 is 0 Å². The van der Waals surface area contributed by atoms with E-state index in [0.29, 0.717) is 11.9 Å². The van der Waals surface area contributed by atoms with Crippen LogP contribution in [-0.2, 0) is 4.79 Å². The van der Waals surface area contributed by atoms with Gasteiger partial charge in [-0.1, -0.05) is 27.7 Å². The fraction of sp³-hybridized carbons (Fsp3) is 0.917. The smallest absolute Gasteiger partial charge is 0.241 e. The van der Waals surface area contributed by atoms with Gasteiger partial charge >= 0.3 is 0 Å². The van der Waals surface area contributed by atoms with Crippen molar-refractivity contribution in [1.82, 2.24) is 10.2 Å². The highest BCUT2D eigenvalue weighted by atomic mass is 16.2. The lowest BCUT2D eigenvalue weighted by Crippen LogP contribution is -2.43. The Labute approximate surface area is 93.2 Å². The molecule has 1 heterocycles. The Kier molecular flexibility index (Phi) is 4.58. The maximum atomic E-state index is 12.1. The topological polar surface area (TPSA) is 32.3 Å². The van der Waals surface area contributed by atoms with Crippen molar-refractivity contribution >= 4 is 5.91 Å². The molecule has 2 atom stereocenters. The molecule has 0 saturated carbocycles. The Hall–Kier alpha value is -0.570. The third kappa shape index (κ3) is 2.33. The summed E-state index contributed by atoms with van der Waals surface area (Å²) < 4.78 is 0. The van der Waals surface area contributed by atoms with Crippen LogP contribution in [0.4, 0.5) is 0 Å². The molecule has 0 radical (unpaired) electrons. The molecule has 1 N–H and O–H groups in total. The quantitative estimate of drug-likeness (QED) is 0.757. The highest BCUT2D eigenvalue weighted by Gasteiger charge is 2.39. The van der Waals surface area contributed by atoms with Crippen LogP contribution in [-0.4, -0.2) is 29.1 Å². The van der Waals surface area contributed by atoms with Crippen molar-refractivity contribution in [2.45, 2.75) is 71.6 Å². The summed E-state index contributed by atoms with van der Waals surface area (Å²) in [5.41, 5.74) is 0. The zero-order valence-corrected chi connectivity index (χ0v) is 10.4. The molecular formula is C12H24N2O. The van der Waals surface area contributed by atoms with Crippen LogP contribution in [0.15, 0.2) is 0 Å². The van der Waals surface area contributed by atoms with Gasteiger partial charge in [-0.25, -0.2) is 0 Å². The van der Waals surface area contributed by atoms with E-state index in [1.807, 2.05) is 0 Å². The predicted molar refractivity (Wildman–Crippen MR) is 62.5 cm³/mol. The lowest BCUT2D eigenvalue weighted by Gasteiger charge is -2.31. The van der Waals surface area contributed by atoms with E-state index >= 15 is 0 Å². The van der Waals surface area contributed by atoms with E-state index in [2.05, 4.69) is 37.9 Å². The van der Waals surface area contributed by atoms with Crippen LogP contribution in [0.5, 0.6) is 0 Å². The summed E-state index contributed by atoms with van der Waals surface area (Å²) in [4.78, 5) is 14.2. The molecule has 0 bridgehead atoms. The minimum atomic E-state index is 0.0514. The van der Waals surface area contributed by atoms with E-state index in [4.69, 9.17) is 0 Å². The molecule has 3 nitrogen and oxygen atoms in total. The van der Waals surface area contributed by atoms with Crippen LogP contribution in [0, 0.1) is 0 Å². The van der Waals surface area contributed by atoms with Gasteiger partial charge in [0.15, 0.2) is 0 Å². The van der Waals surface area contributed by atoms with Crippen molar-refractivity contribution in [2.24, 2.45) is 0 Å². The second-order valence-electron chi connectivity index (χ2n) is 4.27. The summed E-state index contributed by atoms with van der Waals surface area (Å²) in [6, 6.07) is 0.460. The van der Waals surface area contributed by atoms with Crippen molar-refractivity contribution in [1.29, 1.82) is 0 Å². The van der Waals surface area contributed by atoms with Crippen LogP contribution in [0.25, 0.3) is 0 Å². The molecule has 1 rings (SSSR count). The number of nitrogens with zero attached hydrogens (tertiary/aromatic N) is 1. The van der Waals surface area contributed by atoms with Gasteiger partial charge in [0.2, 0.25) is 5.91 Å². The van der Waals surface area contributed by atoms with Gasteiger partial charge in [0.25, 0.3) is 0 Å². The molecule has 1 fully saturated rings. The van der Waals surface area contributed by atoms with Gasteiger partial charge in [-0.15, -0.1) is 0 Å². The number of rotatable bonds is 5. The number of hydrogen-bond donors (Lipinski definition) is 1. The summed E-state index contributed by atoms with van der Waals surface area (Å²) in [7, 11) is 0. The minimum absolute atomic E-state index is 0.0514. The normalized spacial score (nSPS) is 26.7. The zero-order valence-electron chi connectivity index (χ0n) is 10.4. The van der Waals surface area contributed by atoms with Gasteiger partial charge < -0.3 is 4.90 Å². The van der Waals surface area contributed by atoms with Crippen LogP contribution in [0.2, 0.25) is 0 Å². The monoisotopic (exact) mass is 212 g/mol. The highest BCUT2D eigenvalue weighted by molar-refractivity contribution is 5.84. The van der Waals surface area contributed by atoms with E-state index in [-0.39, 0.29) is 12.2 Å². The van der Waals surface area contributed by atoms with Gasteiger partial charge in [0.05, 0.1) is 12.2 Å². The van der Waals surface area contributed by atoms with Crippen molar-refractivity contribution in [2.75, 3.05) is 0 Å². The summed E-state index contributed by atoms with van der Waals surface area (Å²) in [5, 5.41) is 3.42. The first-order valence-corrected chi connectivity index (χ1v) is 6.27. The predicted octanol–water partition coefficient (Wildman–Crippen LogP) is 2.12. The molecule has 1 amide bonds. The van der Waals surface area contributed by atoms with Crippen molar-refractivity contribution < 1.29 is 4.79 Å². The lowest BCUT2D eigenvalue weighted by atomic mass is 10.1. The Morgan fingerprint density at radius 3 is 2.20 bits per heavy atom. The molecule has 0 spiro atoms. The molecule has 3 heteroatoms. The number of nitrogens with one attached hydrogen (secondary N) is 1. The standard InChI is InChI=1S/C12H24N2O/c1-5-9(6-2)14-11(8-4)13-10(7-3)12(14)15/h9-11,13H,5-8H2,1-4H3. The Balaban J connectivity index is 2.79. The van der Waals surface area contributed by atoms with Crippen LogP contribution >= 0.6 is 0 Å². The summed E-state index contributed by atoms with van der Waals surface area (Å²) >= 11 is 0. The average Bonchev–Trinajstić information content (AvgIpc) is 2.58. The molecule has 88 valence electrons. The van der Waals surface area contributed by atoms with E-state index in [9.17, 15) is 4.79 Å². The first-order chi connectivity index (χ1) is 7.19. The third-order valence-corrected chi connectivity index (χ3v) is 3.41. The number of carbonyl (C=O) groups excluding carboxylic acids is 1. The third-order valence-electron chi connectivity index (χ3n) is 3.41. The molecule has 1 aliphatic heterocycles. The molecule has 2 unspecified atom stereocenters.